The van der Waals surface area contributed by atoms with E-state index in [1.165, 1.54) is 38.2 Å². The molecule has 0 N–H and O–H groups in total. The largest absolute Gasteiger partial charge is 0.462 e. The molecule has 7 rings (SSSR count). The lowest BCUT2D eigenvalue weighted by Crippen LogP contribution is -2.56. The molecule has 2 aliphatic carbocycles. The molecule has 2 aliphatic heterocycles. The Morgan fingerprint density at radius 3 is 2.67 bits per heavy atom. The van der Waals surface area contributed by atoms with E-state index in [1.54, 1.807) is 4.90 Å². The van der Waals surface area contributed by atoms with E-state index in [4.69, 9.17) is 32.9 Å². The highest BCUT2D eigenvalue weighted by atomic mass is 35.5. The van der Waals surface area contributed by atoms with Crippen molar-refractivity contribution in [3.05, 3.63) is 76.8 Å². The number of hydrogen-bond donors (Lipinski definition) is 0. The Bertz CT molecular complexity index is 1710. The van der Waals surface area contributed by atoms with E-state index >= 15 is 0 Å². The van der Waals surface area contributed by atoms with Gasteiger partial charge in [0, 0.05) is 54.9 Å². The maximum atomic E-state index is 12.6. The Balaban J connectivity index is 1.17. The van der Waals surface area contributed by atoms with Crippen molar-refractivity contribution in [3.8, 4) is 6.01 Å². The third-order valence-corrected chi connectivity index (χ3v) is 11.7. The Hall–Kier alpha value is -3.87. The lowest BCUT2D eigenvalue weighted by atomic mass is 10.0. The fourth-order valence-corrected chi connectivity index (χ4v) is 8.99. The van der Waals surface area contributed by atoms with Gasteiger partial charge in [-0.3, -0.25) is 9.69 Å². The first-order valence-corrected chi connectivity index (χ1v) is 17.9. The number of amides is 1. The van der Waals surface area contributed by atoms with E-state index in [2.05, 4.69) is 64.4 Å². The summed E-state index contributed by atoms with van der Waals surface area (Å²) >= 11 is 6.75. The smallest absolute Gasteiger partial charge is 0.318 e. The molecule has 3 heterocycles. The van der Waals surface area contributed by atoms with Crippen LogP contribution < -0.4 is 14.5 Å². The quantitative estimate of drug-likeness (QED) is 0.198. The van der Waals surface area contributed by atoms with Crippen molar-refractivity contribution in [3.63, 3.8) is 0 Å². The van der Waals surface area contributed by atoms with Crippen LogP contribution in [0, 0.1) is 18.4 Å². The lowest BCUT2D eigenvalue weighted by molar-refractivity contribution is -0.128. The molecule has 2 aromatic carbocycles. The average Bonchev–Trinajstić information content (AvgIpc) is 3.73. The molecule has 9 nitrogen and oxygen atoms in total. The van der Waals surface area contributed by atoms with E-state index in [0.29, 0.717) is 44.8 Å². The first-order valence-electron chi connectivity index (χ1n) is 17.5. The number of hydrogen-bond acceptors (Lipinski definition) is 7. The fourth-order valence-electron chi connectivity index (χ4n) is 8.71. The molecule has 1 amide bonds. The monoisotopic (exact) mass is 667 g/mol. The molecule has 2 saturated carbocycles. The highest BCUT2D eigenvalue weighted by molar-refractivity contribution is 6.36. The summed E-state index contributed by atoms with van der Waals surface area (Å²) in [4.78, 5) is 35.3. The van der Waals surface area contributed by atoms with Crippen LogP contribution in [0.5, 0.6) is 6.01 Å². The van der Waals surface area contributed by atoms with Crippen molar-refractivity contribution in [1.82, 2.24) is 19.8 Å². The third-order valence-electron chi connectivity index (χ3n) is 11.4. The van der Waals surface area contributed by atoms with Crippen LogP contribution in [0.15, 0.2) is 49.1 Å². The van der Waals surface area contributed by atoms with Gasteiger partial charge in [-0.2, -0.15) is 9.97 Å². The normalized spacial score (nSPS) is 24.4. The van der Waals surface area contributed by atoms with Crippen molar-refractivity contribution in [2.45, 2.75) is 70.1 Å². The summed E-state index contributed by atoms with van der Waals surface area (Å²) in [5.74, 6) is 2.51. The van der Waals surface area contributed by atoms with Gasteiger partial charge >= 0.3 is 6.01 Å². The summed E-state index contributed by atoms with van der Waals surface area (Å²) in [5, 5.41) is 2.90. The topological polar surface area (TPSA) is 69.4 Å². The maximum Gasteiger partial charge on any atom is 0.318 e. The average molecular weight is 668 g/mol. The number of aromatic nitrogens is 2. The van der Waals surface area contributed by atoms with Gasteiger partial charge in [0.2, 0.25) is 12.5 Å². The van der Waals surface area contributed by atoms with E-state index < -0.39 is 0 Å². The molecule has 0 radical (unpaired) electrons. The Morgan fingerprint density at radius 2 is 1.92 bits per heavy atom. The lowest BCUT2D eigenvalue weighted by Gasteiger charge is -2.41. The first kappa shape index (κ1) is 32.7. The molecule has 0 spiro atoms. The van der Waals surface area contributed by atoms with Gasteiger partial charge in [-0.15, -0.1) is 0 Å². The minimum atomic E-state index is -0.241. The zero-order valence-corrected chi connectivity index (χ0v) is 28.9. The molecule has 0 bridgehead atoms. The molecular formula is C38H46ClN7O2. The summed E-state index contributed by atoms with van der Waals surface area (Å²) in [5.41, 5.74) is 3.15. The van der Waals surface area contributed by atoms with Crippen molar-refractivity contribution in [2.24, 2.45) is 11.8 Å². The summed E-state index contributed by atoms with van der Waals surface area (Å²) in [7, 11) is 2.24. The molecular weight excluding hydrogens is 622 g/mol. The van der Waals surface area contributed by atoms with Gasteiger partial charge < -0.3 is 24.3 Å². The second-order valence-corrected chi connectivity index (χ2v) is 14.5. The highest BCUT2D eigenvalue weighted by Gasteiger charge is 2.40. The molecule has 3 fully saturated rings. The van der Waals surface area contributed by atoms with E-state index in [9.17, 15) is 4.79 Å². The highest BCUT2D eigenvalue weighted by Crippen LogP contribution is 2.45. The van der Waals surface area contributed by atoms with Gasteiger partial charge in [0.05, 0.1) is 17.3 Å². The number of nitrogens with zero attached hydrogens (tertiary/aromatic N) is 7. The van der Waals surface area contributed by atoms with Gasteiger partial charge in [-0.05, 0) is 68.7 Å². The summed E-state index contributed by atoms with van der Waals surface area (Å²) in [6, 6.07) is 13.3. The summed E-state index contributed by atoms with van der Waals surface area (Å²) < 4.78 is 6.46. The van der Waals surface area contributed by atoms with E-state index in [-0.39, 0.29) is 24.5 Å². The number of rotatable bonds is 9. The van der Waals surface area contributed by atoms with Crippen LogP contribution >= 0.6 is 11.6 Å². The molecule has 1 aromatic heterocycles. The predicted octanol–water partition coefficient (Wildman–Crippen LogP) is 6.25. The minimum Gasteiger partial charge on any atom is -0.462 e. The SMILES string of the molecule is [C-]#[N+]C[C@H]1CN(c2nc(OC[C@H](C)N(C)C3CC4CCCC4C3)nc3c2CCN(c2cccc4cccc(Cl)c24)C3)CCN1C(=O)C=C. The second kappa shape index (κ2) is 13.9. The fraction of sp³-hybridized carbons (Fsp3) is 0.526. The number of halogens is 1. The standard InChI is InChI=1S/C38H46ClN7O2/c1-5-35(47)46-18-17-45(22-30(46)21-40-3)37-31-15-16-44(34-14-8-10-26-9-7-13-32(39)36(26)34)23-33(31)41-38(42-37)48-24-25(2)43(4)29-19-27-11-6-12-28(27)20-29/h5,7-10,13-14,25,27-30H,1,6,11-12,15-24H2,2,4H3/t25-,27?,28?,29?,30-/m0/s1. The molecule has 3 aromatic rings. The van der Waals surface area contributed by atoms with Crippen molar-refractivity contribution in [1.29, 1.82) is 0 Å². The Kier molecular flexibility index (Phi) is 9.48. The van der Waals surface area contributed by atoms with Crippen molar-refractivity contribution < 1.29 is 9.53 Å². The van der Waals surface area contributed by atoms with Gasteiger partial charge in [0.25, 0.3) is 0 Å². The first-order chi connectivity index (χ1) is 23.3. The minimum absolute atomic E-state index is 0.134. The van der Waals surface area contributed by atoms with Gasteiger partial charge in [0.1, 0.15) is 18.5 Å². The van der Waals surface area contributed by atoms with Gasteiger partial charge in [0.15, 0.2) is 0 Å². The number of ether oxygens (including phenoxy) is 1. The number of carbonyl (C=O) groups excluding carboxylic acids is 1. The zero-order chi connectivity index (χ0) is 33.4. The predicted molar refractivity (Wildman–Crippen MR) is 192 cm³/mol. The number of fused-ring (bicyclic) bond motifs is 3. The van der Waals surface area contributed by atoms with E-state index in [0.717, 1.165) is 63.4 Å². The van der Waals surface area contributed by atoms with Crippen LogP contribution in [0.1, 0.15) is 50.3 Å². The van der Waals surface area contributed by atoms with Gasteiger partial charge in [-0.25, -0.2) is 6.57 Å². The van der Waals surface area contributed by atoms with Crippen LogP contribution in [0.3, 0.4) is 0 Å². The Morgan fingerprint density at radius 1 is 1.15 bits per heavy atom. The third kappa shape index (κ3) is 6.33. The summed E-state index contributed by atoms with van der Waals surface area (Å²) in [6.07, 6.45) is 8.87. The number of likely N-dealkylation sites (N-methyl/N-ethyl adjacent to an activating group) is 1. The van der Waals surface area contributed by atoms with Gasteiger partial charge in [-0.1, -0.05) is 61.7 Å². The number of anilines is 2. The molecule has 252 valence electrons. The maximum absolute atomic E-state index is 12.6. The molecule has 4 aliphatic rings. The van der Waals surface area contributed by atoms with Crippen LogP contribution in [0.2, 0.25) is 5.02 Å². The summed E-state index contributed by atoms with van der Waals surface area (Å²) in [6.45, 7) is 17.3. The number of benzene rings is 2. The molecule has 2 unspecified atom stereocenters. The van der Waals surface area contributed by atoms with Crippen LogP contribution in [-0.2, 0) is 17.8 Å². The molecule has 48 heavy (non-hydrogen) atoms. The molecule has 4 atom stereocenters. The van der Waals surface area contributed by atoms with Crippen LogP contribution in [-0.4, -0.2) is 90.2 Å². The van der Waals surface area contributed by atoms with Crippen LogP contribution in [0.4, 0.5) is 11.5 Å². The Labute approximate surface area is 289 Å². The van der Waals surface area contributed by atoms with Crippen molar-refractivity contribution in [2.75, 3.05) is 56.2 Å². The number of carbonyl (C=O) groups is 1. The van der Waals surface area contributed by atoms with E-state index in [1.807, 2.05) is 12.1 Å². The van der Waals surface area contributed by atoms with Crippen LogP contribution in [0.25, 0.3) is 15.6 Å². The molecule has 10 heteroatoms. The van der Waals surface area contributed by atoms with Crippen molar-refractivity contribution >= 4 is 39.8 Å². The second-order valence-electron chi connectivity index (χ2n) is 14.1. The number of piperazine rings is 1. The zero-order valence-electron chi connectivity index (χ0n) is 28.2. The molecule has 1 saturated heterocycles.